The average Bonchev–Trinajstić information content (AvgIpc) is 2.37. The number of benzene rings is 2. The minimum atomic E-state index is -0.876. The average molecular weight is 266 g/mol. The van der Waals surface area contributed by atoms with Crippen LogP contribution in [-0.4, -0.2) is 13.1 Å². The Bertz CT molecular complexity index is 618. The molecule has 0 radical (unpaired) electrons. The van der Waals surface area contributed by atoms with Crippen molar-refractivity contribution in [3.8, 4) is 11.1 Å². The number of halogens is 3. The lowest BCUT2D eigenvalue weighted by Gasteiger charge is -2.07. The molecular weight excluding hydrogens is 257 g/mol. The highest BCUT2D eigenvalue weighted by molar-refractivity contribution is 5.91. The second-order valence-corrected chi connectivity index (χ2v) is 3.82. The van der Waals surface area contributed by atoms with Gasteiger partial charge in [0.1, 0.15) is 17.5 Å². The van der Waals surface area contributed by atoms with Gasteiger partial charge in [0.2, 0.25) is 0 Å². The van der Waals surface area contributed by atoms with Crippen LogP contribution in [0.1, 0.15) is 10.4 Å². The van der Waals surface area contributed by atoms with Crippen molar-refractivity contribution in [3.05, 3.63) is 59.4 Å². The Labute approximate surface area is 107 Å². The molecule has 5 heteroatoms. The molecule has 0 saturated heterocycles. The SMILES string of the molecule is COC(=O)c1cccc(-c2cc(F)cc(F)c2)c1F. The van der Waals surface area contributed by atoms with Crippen molar-refractivity contribution in [2.24, 2.45) is 0 Å². The molecule has 0 spiro atoms. The second-order valence-electron chi connectivity index (χ2n) is 3.82. The summed E-state index contributed by atoms with van der Waals surface area (Å²) in [4.78, 5) is 11.3. The van der Waals surface area contributed by atoms with E-state index < -0.39 is 23.4 Å². The van der Waals surface area contributed by atoms with E-state index in [0.717, 1.165) is 19.2 Å². The maximum absolute atomic E-state index is 14.1. The van der Waals surface area contributed by atoms with E-state index in [-0.39, 0.29) is 16.7 Å². The molecule has 0 unspecified atom stereocenters. The minimum Gasteiger partial charge on any atom is -0.465 e. The lowest BCUT2D eigenvalue weighted by molar-refractivity contribution is 0.0595. The van der Waals surface area contributed by atoms with Crippen LogP contribution in [0.5, 0.6) is 0 Å². The van der Waals surface area contributed by atoms with Gasteiger partial charge in [0.15, 0.2) is 0 Å². The third-order valence-corrected chi connectivity index (χ3v) is 2.58. The van der Waals surface area contributed by atoms with Crippen LogP contribution in [0.2, 0.25) is 0 Å². The van der Waals surface area contributed by atoms with E-state index in [0.29, 0.717) is 6.07 Å². The molecule has 0 bridgehead atoms. The predicted octanol–water partition coefficient (Wildman–Crippen LogP) is 3.56. The first-order valence-corrected chi connectivity index (χ1v) is 5.36. The van der Waals surface area contributed by atoms with E-state index in [2.05, 4.69) is 4.74 Å². The number of hydrogen-bond donors (Lipinski definition) is 0. The van der Waals surface area contributed by atoms with Crippen LogP contribution >= 0.6 is 0 Å². The van der Waals surface area contributed by atoms with Gasteiger partial charge in [-0.1, -0.05) is 12.1 Å². The second kappa shape index (κ2) is 5.14. The summed E-state index contributed by atoms with van der Waals surface area (Å²) in [6.07, 6.45) is 0. The normalized spacial score (nSPS) is 10.3. The fourth-order valence-electron chi connectivity index (χ4n) is 1.73. The quantitative estimate of drug-likeness (QED) is 0.777. The van der Waals surface area contributed by atoms with E-state index >= 15 is 0 Å². The molecule has 0 amide bonds. The Morgan fingerprint density at radius 2 is 1.68 bits per heavy atom. The molecule has 0 aromatic heterocycles. The Hall–Kier alpha value is -2.30. The topological polar surface area (TPSA) is 26.3 Å². The summed E-state index contributed by atoms with van der Waals surface area (Å²) in [5, 5.41) is 0. The largest absolute Gasteiger partial charge is 0.465 e. The summed E-state index contributed by atoms with van der Waals surface area (Å²) >= 11 is 0. The van der Waals surface area contributed by atoms with Crippen molar-refractivity contribution in [3.63, 3.8) is 0 Å². The van der Waals surface area contributed by atoms with Gasteiger partial charge in [-0.2, -0.15) is 0 Å². The molecule has 0 aliphatic carbocycles. The summed E-state index contributed by atoms with van der Waals surface area (Å²) in [5.41, 5.74) is -0.341. The van der Waals surface area contributed by atoms with Crippen molar-refractivity contribution in [1.82, 2.24) is 0 Å². The van der Waals surface area contributed by atoms with Crippen LogP contribution in [0, 0.1) is 17.5 Å². The van der Waals surface area contributed by atoms with Gasteiger partial charge in [0, 0.05) is 11.6 Å². The van der Waals surface area contributed by atoms with Gasteiger partial charge in [-0.25, -0.2) is 18.0 Å². The van der Waals surface area contributed by atoms with E-state index in [1.807, 2.05) is 0 Å². The van der Waals surface area contributed by atoms with Gasteiger partial charge in [-0.15, -0.1) is 0 Å². The Morgan fingerprint density at radius 3 is 2.26 bits per heavy atom. The first kappa shape index (κ1) is 13.1. The molecule has 2 rings (SSSR count). The first-order chi connectivity index (χ1) is 9.02. The van der Waals surface area contributed by atoms with E-state index in [9.17, 15) is 18.0 Å². The zero-order chi connectivity index (χ0) is 14.0. The monoisotopic (exact) mass is 266 g/mol. The molecule has 2 aromatic carbocycles. The first-order valence-electron chi connectivity index (χ1n) is 5.36. The maximum Gasteiger partial charge on any atom is 0.340 e. The summed E-state index contributed by atoms with van der Waals surface area (Å²) in [7, 11) is 1.12. The number of hydrogen-bond acceptors (Lipinski definition) is 2. The number of methoxy groups -OCH3 is 1. The van der Waals surface area contributed by atoms with Crippen molar-refractivity contribution < 1.29 is 22.7 Å². The highest BCUT2D eigenvalue weighted by atomic mass is 19.1. The molecular formula is C14H9F3O2. The zero-order valence-corrected chi connectivity index (χ0v) is 9.91. The Balaban J connectivity index is 2.60. The number of carbonyl (C=O) groups is 1. The lowest BCUT2D eigenvalue weighted by Crippen LogP contribution is -2.05. The fraction of sp³-hybridized carbons (Fsp3) is 0.0714. The highest BCUT2D eigenvalue weighted by Gasteiger charge is 2.17. The van der Waals surface area contributed by atoms with Gasteiger partial charge in [0.25, 0.3) is 0 Å². The summed E-state index contributed by atoms with van der Waals surface area (Å²) < 4.78 is 44.8. The zero-order valence-electron chi connectivity index (χ0n) is 9.91. The smallest absolute Gasteiger partial charge is 0.340 e. The number of carbonyl (C=O) groups excluding carboxylic acids is 1. The van der Waals surface area contributed by atoms with Crippen LogP contribution in [0.15, 0.2) is 36.4 Å². The van der Waals surface area contributed by atoms with Crippen LogP contribution in [0.4, 0.5) is 13.2 Å². The number of rotatable bonds is 2. The number of esters is 1. The fourth-order valence-corrected chi connectivity index (χ4v) is 1.73. The van der Waals surface area contributed by atoms with Gasteiger partial charge >= 0.3 is 5.97 Å². The van der Waals surface area contributed by atoms with Crippen LogP contribution < -0.4 is 0 Å². The third-order valence-electron chi connectivity index (χ3n) is 2.58. The minimum absolute atomic E-state index is 0.0146. The van der Waals surface area contributed by atoms with E-state index in [4.69, 9.17) is 0 Å². The molecule has 0 aliphatic heterocycles. The Kier molecular flexibility index (Phi) is 3.55. The van der Waals surface area contributed by atoms with Crippen molar-refractivity contribution >= 4 is 5.97 Å². The maximum atomic E-state index is 14.1. The molecule has 0 fully saturated rings. The summed E-state index contributed by atoms with van der Waals surface area (Å²) in [6, 6.07) is 6.64. The molecule has 0 aliphatic rings. The van der Waals surface area contributed by atoms with Gasteiger partial charge in [-0.05, 0) is 23.8 Å². The van der Waals surface area contributed by atoms with Crippen LogP contribution in [-0.2, 0) is 4.74 Å². The van der Waals surface area contributed by atoms with Gasteiger partial charge < -0.3 is 4.74 Å². The van der Waals surface area contributed by atoms with Crippen molar-refractivity contribution in [2.75, 3.05) is 7.11 Å². The molecule has 2 aromatic rings. The molecule has 0 heterocycles. The highest BCUT2D eigenvalue weighted by Crippen LogP contribution is 2.26. The molecule has 0 atom stereocenters. The summed E-state index contributed by atoms with van der Waals surface area (Å²) in [5.74, 6) is -3.37. The van der Waals surface area contributed by atoms with Crippen LogP contribution in [0.3, 0.4) is 0 Å². The Morgan fingerprint density at radius 1 is 1.05 bits per heavy atom. The van der Waals surface area contributed by atoms with Crippen LogP contribution in [0.25, 0.3) is 11.1 Å². The molecule has 2 nitrogen and oxygen atoms in total. The third kappa shape index (κ3) is 2.59. The van der Waals surface area contributed by atoms with E-state index in [1.54, 1.807) is 0 Å². The molecule has 19 heavy (non-hydrogen) atoms. The molecule has 98 valence electrons. The molecule has 0 N–H and O–H groups in total. The van der Waals surface area contributed by atoms with Crippen molar-refractivity contribution in [2.45, 2.75) is 0 Å². The predicted molar refractivity (Wildman–Crippen MR) is 63.1 cm³/mol. The van der Waals surface area contributed by atoms with Gasteiger partial charge in [0.05, 0.1) is 12.7 Å². The molecule has 0 saturated carbocycles. The van der Waals surface area contributed by atoms with Crippen molar-refractivity contribution in [1.29, 1.82) is 0 Å². The van der Waals surface area contributed by atoms with Gasteiger partial charge in [-0.3, -0.25) is 0 Å². The van der Waals surface area contributed by atoms with E-state index in [1.165, 1.54) is 18.2 Å². The lowest BCUT2D eigenvalue weighted by atomic mass is 10.0. The summed E-state index contributed by atoms with van der Waals surface area (Å²) in [6.45, 7) is 0. The number of ether oxygens (including phenoxy) is 1. The standard InChI is InChI=1S/C14H9F3O2/c1-19-14(18)12-4-2-3-11(13(12)17)8-5-9(15)7-10(16)6-8/h2-7H,1H3.